The number of fused-ring (bicyclic) bond motifs is 1. The Labute approximate surface area is 166 Å². The zero-order chi connectivity index (χ0) is 15.9. The van der Waals surface area contributed by atoms with E-state index in [9.17, 15) is 4.79 Å². The Morgan fingerprint density at radius 2 is 2.05 bits per heavy atom. The normalized spacial score (nSPS) is 10.5. The number of hydrogen-bond donors (Lipinski definition) is 1. The number of benzene rings is 2. The van der Waals surface area contributed by atoms with Gasteiger partial charge in [-0.15, -0.1) is 0 Å². The Balaban J connectivity index is 1.85. The Morgan fingerprint density at radius 3 is 2.82 bits per heavy atom. The summed E-state index contributed by atoms with van der Waals surface area (Å²) >= 11 is 2.15. The minimum absolute atomic E-state index is 0.117. The molecule has 0 aliphatic heterocycles. The Bertz CT molecular complexity index is 686. The van der Waals surface area contributed by atoms with E-state index in [1.54, 1.807) is 0 Å². The van der Waals surface area contributed by atoms with E-state index in [0.29, 0.717) is 13.2 Å². The van der Waals surface area contributed by atoms with E-state index in [0.717, 1.165) is 74.5 Å². The molecule has 0 saturated heterocycles. The molecule has 0 spiro atoms. The topological polar surface area (TPSA) is 38.3 Å². The molecule has 0 aromatic heterocycles. The molecule has 104 valence electrons. The summed E-state index contributed by atoms with van der Waals surface area (Å²) in [7, 11) is 0. The summed E-state index contributed by atoms with van der Waals surface area (Å²) in [6.07, 6.45) is 3.12. The van der Waals surface area contributed by atoms with Crippen molar-refractivity contribution in [3.63, 3.8) is 0 Å². The average Bonchev–Trinajstić information content (AvgIpc) is 2.50. The molecule has 2 rings (SSSR count). The van der Waals surface area contributed by atoms with Gasteiger partial charge in [-0.3, -0.25) is 0 Å². The van der Waals surface area contributed by atoms with Crippen molar-refractivity contribution in [3.8, 4) is 5.75 Å². The van der Waals surface area contributed by atoms with E-state index in [1.165, 1.54) is 22.5 Å². The van der Waals surface area contributed by atoms with Crippen LogP contribution in [0, 0.1) is 0 Å². The van der Waals surface area contributed by atoms with Crippen molar-refractivity contribution >= 4 is 78.2 Å². The van der Waals surface area contributed by atoms with Gasteiger partial charge in [0, 0.05) is 0 Å². The molecule has 2 aromatic rings. The van der Waals surface area contributed by atoms with Crippen LogP contribution >= 0.6 is 0 Å². The van der Waals surface area contributed by atoms with Crippen LogP contribution in [0.2, 0.25) is 0 Å². The van der Waals surface area contributed by atoms with Crippen molar-refractivity contribution in [2.75, 3.05) is 13.2 Å². The van der Waals surface area contributed by atoms with Crippen molar-refractivity contribution in [1.82, 2.24) is 5.32 Å². The quantitative estimate of drug-likeness (QED) is 0.468. The predicted molar refractivity (Wildman–Crippen MR) is 92.7 cm³/mol. The molecule has 0 aliphatic carbocycles. The van der Waals surface area contributed by atoms with E-state index in [1.807, 2.05) is 6.07 Å². The molecule has 2 aromatic carbocycles. The van der Waals surface area contributed by atoms with Crippen molar-refractivity contribution < 1.29 is 9.53 Å². The molecule has 0 bridgehead atoms. The van der Waals surface area contributed by atoms with E-state index in [4.69, 9.17) is 4.74 Å². The van der Waals surface area contributed by atoms with Gasteiger partial charge in [-0.1, -0.05) is 6.58 Å². The number of amides is 1. The molecule has 0 radical (unpaired) electrons. The van der Waals surface area contributed by atoms with Crippen molar-refractivity contribution in [1.29, 1.82) is 0 Å². The fourth-order valence-electron chi connectivity index (χ4n) is 2.50. The number of rotatable bonds is 7. The summed E-state index contributed by atoms with van der Waals surface area (Å²) in [6.45, 7) is 4.76. The molecule has 5 heteroatoms. The fraction of sp³-hybridized carbons (Fsp3) is 0.235. The van der Waals surface area contributed by atoms with Crippen LogP contribution in [0.3, 0.4) is 0 Å². The van der Waals surface area contributed by atoms with Crippen LogP contribution in [0.5, 0.6) is 5.75 Å². The van der Waals surface area contributed by atoms with Crippen LogP contribution in [0.15, 0.2) is 43.0 Å². The van der Waals surface area contributed by atoms with Crippen molar-refractivity contribution in [2.24, 2.45) is 0 Å². The Morgan fingerprint density at radius 1 is 1.23 bits per heavy atom. The maximum atomic E-state index is 11.0. The molecule has 0 aliphatic rings. The average molecular weight is 313 g/mol. The third-order valence-electron chi connectivity index (χ3n) is 3.60. The molecule has 0 atom stereocenters. The molecule has 0 heterocycles. The summed E-state index contributed by atoms with van der Waals surface area (Å²) < 4.78 is 8.72. The first-order valence-corrected chi connectivity index (χ1v) is 9.64. The Kier molecular flexibility index (Phi) is 7.48. The number of carbonyl (C=O) groups is 1. The minimum atomic E-state index is -0.117. The molecular formula is C17H17NNa2O2. The van der Waals surface area contributed by atoms with Gasteiger partial charge in [0.15, 0.2) is 0 Å². The Hall–Kier alpha value is -0.290. The number of carbonyl (C=O) groups excluding carboxylic acids is 1. The van der Waals surface area contributed by atoms with Crippen LogP contribution in [0.1, 0.15) is 12.8 Å². The van der Waals surface area contributed by atoms with Gasteiger partial charge in [0.05, 0.1) is 0 Å². The number of ether oxygens (including phenoxy) is 1. The zero-order valence-corrected chi connectivity index (χ0v) is 17.3. The first-order chi connectivity index (χ1) is 10.6. The summed E-state index contributed by atoms with van der Waals surface area (Å²) in [6, 6.07) is 10.9. The fourth-order valence-corrected chi connectivity index (χ4v) is 4.71. The third-order valence-corrected chi connectivity index (χ3v) is 5.01. The number of hydrogen-bond acceptors (Lipinski definition) is 2. The molecule has 1 N–H and O–H groups in total. The standard InChI is InChI=1S/C17H17NO2.2Na/c1-2-17(19)18-11-5-6-12-20-16-10-9-14-7-3-4-8-15(14)13-16;;/h2,4,7,9-10,13H,1,5-6,11-12H2,(H,18,19);;. The summed E-state index contributed by atoms with van der Waals surface area (Å²) in [5, 5.41) is 5.40. The van der Waals surface area contributed by atoms with Crippen molar-refractivity contribution in [2.45, 2.75) is 12.8 Å². The second-order valence-electron chi connectivity index (χ2n) is 5.52. The molecule has 0 saturated carbocycles. The first kappa shape index (κ1) is 18.1. The van der Waals surface area contributed by atoms with Gasteiger partial charge in [-0.2, -0.15) is 0 Å². The van der Waals surface area contributed by atoms with Crippen LogP contribution in [-0.4, -0.2) is 74.9 Å². The summed E-state index contributed by atoms with van der Waals surface area (Å²) in [4.78, 5) is 11.0. The summed E-state index contributed by atoms with van der Waals surface area (Å²) in [5.74, 6) is 0.814. The summed E-state index contributed by atoms with van der Waals surface area (Å²) in [5.41, 5.74) is 0. The van der Waals surface area contributed by atoms with Gasteiger partial charge in [0.25, 0.3) is 0 Å². The second-order valence-corrected chi connectivity index (χ2v) is 7.75. The van der Waals surface area contributed by atoms with Crippen LogP contribution in [0.25, 0.3) is 10.8 Å². The van der Waals surface area contributed by atoms with E-state index < -0.39 is 0 Å². The van der Waals surface area contributed by atoms with Crippen LogP contribution in [0.4, 0.5) is 0 Å². The molecule has 1 amide bonds. The van der Waals surface area contributed by atoms with Crippen molar-refractivity contribution in [3.05, 3.63) is 43.0 Å². The SMILES string of the molecule is C=CC(=O)NCCCCOc1ccc2c[c]([Na])c[c]([Na])c2c1. The van der Waals surface area contributed by atoms with Gasteiger partial charge in [0.1, 0.15) is 0 Å². The van der Waals surface area contributed by atoms with Gasteiger partial charge in [-0.05, 0) is 0 Å². The van der Waals surface area contributed by atoms with E-state index in [-0.39, 0.29) is 5.91 Å². The predicted octanol–water partition coefficient (Wildman–Crippen LogP) is 0.889. The van der Waals surface area contributed by atoms with Gasteiger partial charge in [0.2, 0.25) is 0 Å². The molecule has 0 unspecified atom stereocenters. The molecule has 3 nitrogen and oxygen atoms in total. The van der Waals surface area contributed by atoms with Gasteiger partial charge in [-0.25, -0.2) is 0 Å². The molecule has 22 heavy (non-hydrogen) atoms. The van der Waals surface area contributed by atoms with Crippen LogP contribution < -0.4 is 15.7 Å². The zero-order valence-electron chi connectivity index (χ0n) is 13.3. The van der Waals surface area contributed by atoms with Crippen LogP contribution in [-0.2, 0) is 4.79 Å². The van der Waals surface area contributed by atoms with Gasteiger partial charge < -0.3 is 0 Å². The monoisotopic (exact) mass is 313 g/mol. The van der Waals surface area contributed by atoms with Gasteiger partial charge >= 0.3 is 161 Å². The molecular weight excluding hydrogens is 296 g/mol. The first-order valence-electron chi connectivity index (χ1n) is 7.64. The number of unbranched alkanes of at least 4 members (excludes halogenated alkanes) is 1. The van der Waals surface area contributed by atoms with E-state index in [2.05, 4.69) is 36.2 Å². The van der Waals surface area contributed by atoms with E-state index >= 15 is 0 Å². The third kappa shape index (κ3) is 5.41. The second kappa shape index (κ2) is 9.11. The molecule has 0 fully saturated rings. The maximum absolute atomic E-state index is 11.0. The number of nitrogens with one attached hydrogen (secondary N) is 1.